The molecule has 9 heteroatoms. The van der Waals surface area contributed by atoms with E-state index in [-0.39, 0.29) is 17.9 Å². The summed E-state index contributed by atoms with van der Waals surface area (Å²) in [6.07, 6.45) is 2.59. The Morgan fingerprint density at radius 3 is 2.70 bits per heavy atom. The number of carbonyl (C=O) groups is 1. The summed E-state index contributed by atoms with van der Waals surface area (Å²) in [5.74, 6) is -0.0495. The summed E-state index contributed by atoms with van der Waals surface area (Å²) < 4.78 is 13.1. The molecule has 0 radical (unpaired) electrons. The number of nitrogens with zero attached hydrogens (tertiary/aromatic N) is 3. The molecule has 0 fully saturated rings. The van der Waals surface area contributed by atoms with E-state index < -0.39 is 0 Å². The van der Waals surface area contributed by atoms with Crippen LogP contribution >= 0.6 is 0 Å². The predicted octanol–water partition coefficient (Wildman–Crippen LogP) is 4.37. The van der Waals surface area contributed by atoms with E-state index in [4.69, 9.17) is 10.2 Å². The Labute approximate surface area is 194 Å². The van der Waals surface area contributed by atoms with Gasteiger partial charge in [-0.2, -0.15) is 5.10 Å². The maximum atomic E-state index is 13.2. The van der Waals surface area contributed by atoms with Gasteiger partial charge in [0.15, 0.2) is 0 Å². The lowest BCUT2D eigenvalue weighted by Gasteiger charge is -2.23. The molecular formula is C24H31FN6O2. The van der Waals surface area contributed by atoms with Crippen molar-refractivity contribution in [1.29, 1.82) is 5.41 Å². The lowest BCUT2D eigenvalue weighted by molar-refractivity contribution is 0.0750. The van der Waals surface area contributed by atoms with E-state index >= 15 is 0 Å². The summed E-state index contributed by atoms with van der Waals surface area (Å²) in [6, 6.07) is 11.4. The van der Waals surface area contributed by atoms with Crippen LogP contribution in [-0.4, -0.2) is 48.4 Å². The summed E-state index contributed by atoms with van der Waals surface area (Å²) in [4.78, 5) is 24.8. The standard InChI is InChI=1S/C22H25FN6O2.C2H6/c1-3-29(22(30)18-14-15(2)4-9-19(18)27-25-12-11-24)13-10-20-26-21(31-28-20)16-5-7-17(23)8-6-16;1-2/h4-9,11-12,14,20,24,27-28H,3,10,13H2,1-2H3;1-2H3/b24-11?,25-12-;. The van der Waals surface area contributed by atoms with Gasteiger partial charge in [-0.1, -0.05) is 25.5 Å². The first-order valence-electron chi connectivity index (χ1n) is 11.0. The molecule has 3 N–H and O–H groups in total. The lowest BCUT2D eigenvalue weighted by atomic mass is 10.1. The van der Waals surface area contributed by atoms with Gasteiger partial charge in [-0.15, -0.1) is 5.48 Å². The quantitative estimate of drug-likeness (QED) is 0.387. The molecule has 1 heterocycles. The van der Waals surface area contributed by atoms with Crippen LogP contribution in [0.5, 0.6) is 0 Å². The van der Waals surface area contributed by atoms with Gasteiger partial charge in [-0.05, 0) is 50.2 Å². The van der Waals surface area contributed by atoms with Crippen molar-refractivity contribution in [3.8, 4) is 0 Å². The molecule has 0 aromatic heterocycles. The van der Waals surface area contributed by atoms with Crippen molar-refractivity contribution in [3.63, 3.8) is 0 Å². The van der Waals surface area contributed by atoms with Gasteiger partial charge >= 0.3 is 0 Å². The molecule has 33 heavy (non-hydrogen) atoms. The average Bonchev–Trinajstić information content (AvgIpc) is 3.31. The summed E-state index contributed by atoms with van der Waals surface area (Å²) in [6.45, 7) is 8.83. The molecule has 0 saturated carbocycles. The highest BCUT2D eigenvalue weighted by molar-refractivity contribution is 6.14. The number of amides is 1. The van der Waals surface area contributed by atoms with Gasteiger partial charge in [0.05, 0.1) is 17.5 Å². The van der Waals surface area contributed by atoms with Crippen LogP contribution in [0.4, 0.5) is 10.1 Å². The van der Waals surface area contributed by atoms with Crippen LogP contribution in [0.2, 0.25) is 0 Å². The largest absolute Gasteiger partial charge is 0.386 e. The third-order valence-electron chi connectivity index (χ3n) is 4.74. The Balaban J connectivity index is 0.00000187. The van der Waals surface area contributed by atoms with Crippen LogP contribution < -0.4 is 10.9 Å². The molecule has 1 amide bonds. The molecule has 0 spiro atoms. The van der Waals surface area contributed by atoms with E-state index in [1.54, 1.807) is 23.1 Å². The van der Waals surface area contributed by atoms with Gasteiger partial charge in [0.2, 0.25) is 5.90 Å². The molecular weight excluding hydrogens is 423 g/mol. The second-order valence-corrected chi connectivity index (χ2v) is 6.96. The number of aliphatic imine (C=N–C) groups is 1. The number of hydrazone groups is 1. The molecule has 1 aliphatic heterocycles. The van der Waals surface area contributed by atoms with Gasteiger partial charge in [-0.25, -0.2) is 9.38 Å². The SMILES string of the molecule is CC.CCN(CCC1N=C(c2ccc(F)cc2)ON1)C(=O)c1cc(C)ccc1N/N=C\C=N. The minimum Gasteiger partial charge on any atom is -0.386 e. The summed E-state index contributed by atoms with van der Waals surface area (Å²) in [5, 5.41) is 10.9. The third kappa shape index (κ3) is 7.21. The van der Waals surface area contributed by atoms with Crippen molar-refractivity contribution < 1.29 is 14.0 Å². The summed E-state index contributed by atoms with van der Waals surface area (Å²) in [5.41, 5.74) is 8.39. The Bertz CT molecular complexity index is 991. The zero-order valence-corrected chi connectivity index (χ0v) is 19.4. The first-order chi connectivity index (χ1) is 16.0. The highest BCUT2D eigenvalue weighted by Gasteiger charge is 2.23. The minimum atomic E-state index is -0.322. The number of hydrogen-bond donors (Lipinski definition) is 3. The van der Waals surface area contributed by atoms with E-state index in [0.29, 0.717) is 42.2 Å². The molecule has 0 aliphatic carbocycles. The maximum absolute atomic E-state index is 13.2. The van der Waals surface area contributed by atoms with Gasteiger partial charge in [0.25, 0.3) is 5.91 Å². The molecule has 1 atom stereocenters. The highest BCUT2D eigenvalue weighted by Crippen LogP contribution is 2.20. The van der Waals surface area contributed by atoms with E-state index in [1.165, 1.54) is 18.3 Å². The fourth-order valence-electron chi connectivity index (χ4n) is 3.10. The van der Waals surface area contributed by atoms with Crippen molar-refractivity contribution in [2.75, 3.05) is 18.5 Å². The van der Waals surface area contributed by atoms with Crippen LogP contribution in [0.1, 0.15) is 48.7 Å². The Kier molecular flexibility index (Phi) is 10.2. The van der Waals surface area contributed by atoms with Crippen molar-refractivity contribution in [1.82, 2.24) is 10.4 Å². The fraction of sp³-hybridized carbons (Fsp3) is 0.333. The van der Waals surface area contributed by atoms with Crippen LogP contribution in [-0.2, 0) is 4.84 Å². The molecule has 1 unspecified atom stereocenters. The van der Waals surface area contributed by atoms with E-state index in [1.807, 2.05) is 39.8 Å². The van der Waals surface area contributed by atoms with Crippen molar-refractivity contribution >= 4 is 29.9 Å². The topological polar surface area (TPSA) is 102 Å². The number of hydroxylamine groups is 1. The van der Waals surface area contributed by atoms with E-state index in [0.717, 1.165) is 11.8 Å². The molecule has 8 nitrogen and oxygen atoms in total. The van der Waals surface area contributed by atoms with Gasteiger partial charge in [0, 0.05) is 31.3 Å². The van der Waals surface area contributed by atoms with E-state index in [2.05, 4.69) is 21.0 Å². The number of halogens is 1. The van der Waals surface area contributed by atoms with Crippen LogP contribution in [0.3, 0.4) is 0 Å². The summed E-state index contributed by atoms with van der Waals surface area (Å²) in [7, 11) is 0. The predicted molar refractivity (Wildman–Crippen MR) is 131 cm³/mol. The molecule has 1 aliphatic rings. The Morgan fingerprint density at radius 2 is 2.03 bits per heavy atom. The molecule has 2 aromatic rings. The van der Waals surface area contributed by atoms with Crippen LogP contribution in [0, 0.1) is 18.2 Å². The second-order valence-electron chi connectivity index (χ2n) is 6.96. The minimum absolute atomic E-state index is 0.125. The van der Waals surface area contributed by atoms with Crippen molar-refractivity contribution in [2.24, 2.45) is 10.1 Å². The van der Waals surface area contributed by atoms with Gasteiger partial charge < -0.3 is 15.1 Å². The second kappa shape index (κ2) is 13.1. The smallest absolute Gasteiger partial charge is 0.256 e. The molecule has 0 bridgehead atoms. The number of aryl methyl sites for hydroxylation is 1. The molecule has 0 saturated heterocycles. The number of carbonyl (C=O) groups excluding carboxylic acids is 1. The zero-order chi connectivity index (χ0) is 24.2. The third-order valence-corrected chi connectivity index (χ3v) is 4.74. The number of anilines is 1. The normalized spacial score (nSPS) is 14.7. The molecule has 2 aromatic carbocycles. The first kappa shape index (κ1) is 25.7. The maximum Gasteiger partial charge on any atom is 0.256 e. The Morgan fingerprint density at radius 1 is 1.30 bits per heavy atom. The molecule has 3 rings (SSSR count). The van der Waals surface area contributed by atoms with Crippen molar-refractivity contribution in [3.05, 3.63) is 65.0 Å². The number of rotatable bonds is 9. The fourth-order valence-corrected chi connectivity index (χ4v) is 3.10. The zero-order valence-electron chi connectivity index (χ0n) is 19.4. The first-order valence-corrected chi connectivity index (χ1v) is 11.0. The van der Waals surface area contributed by atoms with Crippen LogP contribution in [0.15, 0.2) is 52.6 Å². The number of benzene rings is 2. The summed E-state index contributed by atoms with van der Waals surface area (Å²) >= 11 is 0. The van der Waals surface area contributed by atoms with Crippen molar-refractivity contribution in [2.45, 2.75) is 40.3 Å². The van der Waals surface area contributed by atoms with Crippen LogP contribution in [0.25, 0.3) is 0 Å². The lowest BCUT2D eigenvalue weighted by Crippen LogP contribution is -2.35. The van der Waals surface area contributed by atoms with E-state index in [9.17, 15) is 9.18 Å². The van der Waals surface area contributed by atoms with Gasteiger partial charge in [0.1, 0.15) is 12.0 Å². The highest BCUT2D eigenvalue weighted by atomic mass is 19.1. The number of nitrogens with one attached hydrogen (secondary N) is 3. The average molecular weight is 455 g/mol. The monoisotopic (exact) mass is 454 g/mol. The van der Waals surface area contributed by atoms with Gasteiger partial charge in [-0.3, -0.25) is 10.2 Å². The Hall–Kier alpha value is -3.59. The molecule has 176 valence electrons. The number of hydrogen-bond acceptors (Lipinski definition) is 7.